The lowest BCUT2D eigenvalue weighted by Gasteiger charge is -2.25. The molecule has 94 valence electrons. The van der Waals surface area contributed by atoms with Crippen LogP contribution in [0.4, 0.5) is 11.6 Å². The highest BCUT2D eigenvalue weighted by molar-refractivity contribution is 5.56. The monoisotopic (exact) mass is 235 g/mol. The Hall–Kier alpha value is -1.36. The number of nitrogens with zero attached hydrogens (tertiary/aromatic N) is 2. The smallest absolute Gasteiger partial charge is 0.148 e. The highest BCUT2D eigenvalue weighted by Crippen LogP contribution is 2.29. The Labute approximate surface area is 102 Å². The van der Waals surface area contributed by atoms with Crippen molar-refractivity contribution < 1.29 is 0 Å². The standard InChI is InChI=1S/C12H21N5/c1-8-11(14-7-6-10-4-3-5-10)15-9(2)16-12(8)17-13/h10H,3-7,13H2,1-2H3,(H2,14,15,16,17). The molecule has 0 aromatic carbocycles. The van der Waals surface area contributed by atoms with Crippen molar-refractivity contribution in [2.45, 2.75) is 39.5 Å². The predicted molar refractivity (Wildman–Crippen MR) is 69.8 cm³/mol. The van der Waals surface area contributed by atoms with Gasteiger partial charge in [-0.3, -0.25) is 0 Å². The molecule has 4 N–H and O–H groups in total. The zero-order chi connectivity index (χ0) is 12.3. The van der Waals surface area contributed by atoms with Crippen LogP contribution in [-0.4, -0.2) is 16.5 Å². The Kier molecular flexibility index (Phi) is 3.78. The van der Waals surface area contributed by atoms with Gasteiger partial charge in [0, 0.05) is 12.1 Å². The summed E-state index contributed by atoms with van der Waals surface area (Å²) in [6, 6.07) is 0. The molecule has 0 bridgehead atoms. The van der Waals surface area contributed by atoms with Crippen LogP contribution in [0.1, 0.15) is 37.1 Å². The highest BCUT2D eigenvalue weighted by Gasteiger charge is 2.16. The summed E-state index contributed by atoms with van der Waals surface area (Å²) in [5.74, 6) is 8.66. The number of rotatable bonds is 5. The van der Waals surface area contributed by atoms with Gasteiger partial charge in [0.25, 0.3) is 0 Å². The van der Waals surface area contributed by atoms with Gasteiger partial charge in [-0.1, -0.05) is 19.3 Å². The third-order valence-electron chi connectivity index (χ3n) is 3.46. The van der Waals surface area contributed by atoms with Gasteiger partial charge in [0.05, 0.1) is 0 Å². The minimum absolute atomic E-state index is 0.698. The second-order valence-corrected chi connectivity index (χ2v) is 4.75. The van der Waals surface area contributed by atoms with Crippen LogP contribution in [0.15, 0.2) is 0 Å². The molecule has 1 heterocycles. The topological polar surface area (TPSA) is 75.9 Å². The molecule has 0 atom stereocenters. The Balaban J connectivity index is 1.96. The van der Waals surface area contributed by atoms with E-state index in [1.54, 1.807) is 0 Å². The van der Waals surface area contributed by atoms with Crippen molar-refractivity contribution in [1.29, 1.82) is 0 Å². The summed E-state index contributed by atoms with van der Waals surface area (Å²) in [5, 5.41) is 3.38. The molecule has 5 nitrogen and oxygen atoms in total. The molecule has 1 fully saturated rings. The average Bonchev–Trinajstić information content (AvgIpc) is 2.25. The lowest BCUT2D eigenvalue weighted by molar-refractivity contribution is 0.303. The lowest BCUT2D eigenvalue weighted by atomic mass is 9.83. The number of nitrogen functional groups attached to an aromatic ring is 1. The van der Waals surface area contributed by atoms with Crippen LogP contribution in [0, 0.1) is 19.8 Å². The van der Waals surface area contributed by atoms with Crippen LogP contribution in [0.25, 0.3) is 0 Å². The summed E-state index contributed by atoms with van der Waals surface area (Å²) in [6.07, 6.45) is 5.41. The molecule has 1 aromatic rings. The van der Waals surface area contributed by atoms with Gasteiger partial charge in [-0.2, -0.15) is 0 Å². The van der Waals surface area contributed by atoms with Gasteiger partial charge < -0.3 is 10.7 Å². The minimum Gasteiger partial charge on any atom is -0.370 e. The van der Waals surface area contributed by atoms with Gasteiger partial charge in [0.1, 0.15) is 17.5 Å². The van der Waals surface area contributed by atoms with Crippen LogP contribution in [-0.2, 0) is 0 Å². The van der Waals surface area contributed by atoms with Crippen LogP contribution in [0.3, 0.4) is 0 Å². The Bertz CT molecular complexity index is 387. The minimum atomic E-state index is 0.698. The quantitative estimate of drug-likeness (QED) is 0.537. The number of aromatic nitrogens is 2. The zero-order valence-electron chi connectivity index (χ0n) is 10.6. The fourth-order valence-corrected chi connectivity index (χ4v) is 2.12. The number of hydrogen-bond acceptors (Lipinski definition) is 5. The fraction of sp³-hybridized carbons (Fsp3) is 0.667. The summed E-state index contributed by atoms with van der Waals surface area (Å²) < 4.78 is 0. The first-order valence-corrected chi connectivity index (χ1v) is 6.26. The number of nitrogens with two attached hydrogens (primary N) is 1. The van der Waals surface area contributed by atoms with Crippen molar-refractivity contribution in [3.05, 3.63) is 11.4 Å². The molecule has 1 aliphatic rings. The van der Waals surface area contributed by atoms with Crippen molar-refractivity contribution in [2.75, 3.05) is 17.3 Å². The van der Waals surface area contributed by atoms with E-state index in [1.807, 2.05) is 13.8 Å². The molecular formula is C12H21N5. The maximum Gasteiger partial charge on any atom is 0.148 e. The molecular weight excluding hydrogens is 214 g/mol. The summed E-state index contributed by atoms with van der Waals surface area (Å²) in [4.78, 5) is 8.64. The Morgan fingerprint density at radius 1 is 1.24 bits per heavy atom. The van der Waals surface area contributed by atoms with Crippen molar-refractivity contribution in [1.82, 2.24) is 9.97 Å². The summed E-state index contributed by atoms with van der Waals surface area (Å²) in [6.45, 7) is 4.82. The fourth-order valence-electron chi connectivity index (χ4n) is 2.12. The van der Waals surface area contributed by atoms with Crippen LogP contribution in [0.2, 0.25) is 0 Å². The molecule has 2 rings (SSSR count). The normalized spacial score (nSPS) is 15.5. The Morgan fingerprint density at radius 2 is 1.94 bits per heavy atom. The van der Waals surface area contributed by atoms with E-state index in [9.17, 15) is 0 Å². The lowest BCUT2D eigenvalue weighted by Crippen LogP contribution is -2.18. The first-order valence-electron chi connectivity index (χ1n) is 6.26. The second-order valence-electron chi connectivity index (χ2n) is 4.75. The molecule has 0 spiro atoms. The molecule has 0 amide bonds. The number of hydrazine groups is 1. The number of hydrogen-bond donors (Lipinski definition) is 3. The molecule has 0 unspecified atom stereocenters. The number of aryl methyl sites for hydroxylation is 1. The first-order chi connectivity index (χ1) is 8.20. The molecule has 1 aliphatic carbocycles. The molecule has 0 radical (unpaired) electrons. The van der Waals surface area contributed by atoms with Gasteiger partial charge in [-0.15, -0.1) is 0 Å². The largest absolute Gasteiger partial charge is 0.370 e. The molecule has 1 saturated carbocycles. The predicted octanol–water partition coefficient (Wildman–Crippen LogP) is 1.98. The van der Waals surface area contributed by atoms with Gasteiger partial charge in [-0.05, 0) is 26.2 Å². The molecule has 0 saturated heterocycles. The van der Waals surface area contributed by atoms with E-state index >= 15 is 0 Å². The summed E-state index contributed by atoms with van der Waals surface area (Å²) in [5.41, 5.74) is 3.59. The number of nitrogens with one attached hydrogen (secondary N) is 2. The molecule has 17 heavy (non-hydrogen) atoms. The van der Waals surface area contributed by atoms with E-state index < -0.39 is 0 Å². The van der Waals surface area contributed by atoms with Gasteiger partial charge >= 0.3 is 0 Å². The Morgan fingerprint density at radius 3 is 2.53 bits per heavy atom. The SMILES string of the molecule is Cc1nc(NN)c(C)c(NCCC2CCC2)n1. The van der Waals surface area contributed by atoms with Gasteiger partial charge in [0.15, 0.2) is 0 Å². The second kappa shape index (κ2) is 5.31. The van der Waals surface area contributed by atoms with E-state index in [1.165, 1.54) is 25.7 Å². The van der Waals surface area contributed by atoms with Crippen molar-refractivity contribution >= 4 is 11.6 Å². The zero-order valence-corrected chi connectivity index (χ0v) is 10.6. The molecule has 0 aliphatic heterocycles. The third kappa shape index (κ3) is 2.85. The highest BCUT2D eigenvalue weighted by atomic mass is 15.3. The van der Waals surface area contributed by atoms with Crippen molar-refractivity contribution in [3.8, 4) is 0 Å². The van der Waals surface area contributed by atoms with E-state index in [0.717, 1.165) is 29.7 Å². The van der Waals surface area contributed by atoms with E-state index in [2.05, 4.69) is 20.7 Å². The molecule has 5 heteroatoms. The van der Waals surface area contributed by atoms with Gasteiger partial charge in [0.2, 0.25) is 0 Å². The summed E-state index contributed by atoms with van der Waals surface area (Å²) in [7, 11) is 0. The van der Waals surface area contributed by atoms with Crippen LogP contribution in [0.5, 0.6) is 0 Å². The van der Waals surface area contributed by atoms with E-state index in [4.69, 9.17) is 5.84 Å². The first kappa shape index (κ1) is 12.1. The van der Waals surface area contributed by atoms with Crippen LogP contribution >= 0.6 is 0 Å². The number of anilines is 2. The van der Waals surface area contributed by atoms with Crippen molar-refractivity contribution in [2.24, 2.45) is 11.8 Å². The molecule has 1 aromatic heterocycles. The van der Waals surface area contributed by atoms with E-state index in [0.29, 0.717) is 5.82 Å². The van der Waals surface area contributed by atoms with E-state index in [-0.39, 0.29) is 0 Å². The maximum atomic E-state index is 5.43. The van der Waals surface area contributed by atoms with Gasteiger partial charge in [-0.25, -0.2) is 15.8 Å². The maximum absolute atomic E-state index is 5.43. The third-order valence-corrected chi connectivity index (χ3v) is 3.46. The summed E-state index contributed by atoms with van der Waals surface area (Å²) >= 11 is 0. The van der Waals surface area contributed by atoms with Crippen LogP contribution < -0.4 is 16.6 Å². The van der Waals surface area contributed by atoms with Crippen molar-refractivity contribution in [3.63, 3.8) is 0 Å². The average molecular weight is 235 g/mol.